The van der Waals surface area contributed by atoms with Gasteiger partial charge in [0.1, 0.15) is 24.2 Å². The minimum absolute atomic E-state index is 0.0910. The number of benzene rings is 1. The van der Waals surface area contributed by atoms with Crippen molar-refractivity contribution in [1.82, 2.24) is 19.2 Å². The lowest BCUT2D eigenvalue weighted by molar-refractivity contribution is 0.104. The lowest BCUT2D eigenvalue weighted by Crippen LogP contribution is -2.42. The van der Waals surface area contributed by atoms with Crippen molar-refractivity contribution >= 4 is 10.0 Å². The number of nitrogens with zero attached hydrogens (tertiary/aromatic N) is 3. The Hall–Kier alpha value is -2.14. The predicted molar refractivity (Wildman–Crippen MR) is 107 cm³/mol. The van der Waals surface area contributed by atoms with Crippen molar-refractivity contribution in [2.24, 2.45) is 13.0 Å². The normalized spacial score (nSPS) is 17.3. The summed E-state index contributed by atoms with van der Waals surface area (Å²) in [6.45, 7) is 2.20. The van der Waals surface area contributed by atoms with Crippen LogP contribution in [0.15, 0.2) is 41.8 Å². The molecule has 0 aliphatic carbocycles. The number of sulfonamides is 1. The Balaban J connectivity index is 1.35. The molecule has 29 heavy (non-hydrogen) atoms. The van der Waals surface area contributed by atoms with Crippen molar-refractivity contribution in [3.63, 3.8) is 0 Å². The van der Waals surface area contributed by atoms with E-state index in [1.165, 1.54) is 29.0 Å². The average molecular weight is 425 g/mol. The van der Waals surface area contributed by atoms with Crippen LogP contribution in [-0.2, 0) is 17.1 Å². The van der Waals surface area contributed by atoms with Crippen LogP contribution in [0.1, 0.15) is 12.8 Å². The molecule has 1 saturated heterocycles. The lowest BCUT2D eigenvalue weighted by atomic mass is 9.98. The molecule has 2 aromatic rings. The van der Waals surface area contributed by atoms with E-state index in [1.807, 2.05) is 0 Å². The van der Waals surface area contributed by atoms with Crippen LogP contribution >= 0.6 is 0 Å². The number of hydrogen-bond acceptors (Lipinski definition) is 7. The summed E-state index contributed by atoms with van der Waals surface area (Å²) in [4.78, 5) is 3.96. The van der Waals surface area contributed by atoms with Crippen LogP contribution in [0, 0.1) is 5.92 Å². The van der Waals surface area contributed by atoms with Crippen LogP contribution in [-0.4, -0.2) is 71.4 Å². The fraction of sp³-hybridized carbons (Fsp3) is 0.526. The number of nitrogens with one attached hydrogen (secondary N) is 1. The maximum absolute atomic E-state index is 12.6. The first-order valence-corrected chi connectivity index (χ1v) is 11.1. The molecule has 1 fully saturated rings. The van der Waals surface area contributed by atoms with Crippen LogP contribution in [0.25, 0.3) is 0 Å². The number of aliphatic hydroxyl groups excluding tert-OH is 1. The summed E-state index contributed by atoms with van der Waals surface area (Å²) in [5.74, 6) is 1.11. The predicted octanol–water partition coefficient (Wildman–Crippen LogP) is 0.556. The number of imidazole rings is 1. The van der Waals surface area contributed by atoms with Gasteiger partial charge in [-0.3, -0.25) is 0 Å². The zero-order valence-corrected chi connectivity index (χ0v) is 17.3. The van der Waals surface area contributed by atoms with Crippen LogP contribution in [0.2, 0.25) is 0 Å². The standard InChI is InChI=1S/C19H28N4O5S/c1-22-12-19(21-14-22)29(26,27)23-8-6-15(7-9-23)10-20-11-17(25)13-28-18-4-2-16(24)3-5-18/h2-5,12,14-15,17,20,24-25H,6-11,13H2,1H3/t17-/m0/s1. The van der Waals surface area contributed by atoms with Crippen molar-refractivity contribution in [3.8, 4) is 11.5 Å². The Morgan fingerprint density at radius 1 is 1.28 bits per heavy atom. The number of rotatable bonds is 9. The third-order valence-corrected chi connectivity index (χ3v) is 6.74. The second-order valence-corrected chi connectivity index (χ2v) is 9.23. The number of aryl methyl sites for hydroxylation is 1. The Kier molecular flexibility index (Phi) is 7.12. The fourth-order valence-electron chi connectivity index (χ4n) is 3.26. The molecule has 1 aliphatic rings. The zero-order chi connectivity index (χ0) is 20.9. The van der Waals surface area contributed by atoms with Crippen molar-refractivity contribution < 1.29 is 23.4 Å². The SMILES string of the molecule is Cn1cnc(S(=O)(=O)N2CCC(CNC[C@H](O)COc3ccc(O)cc3)CC2)c1. The van der Waals surface area contributed by atoms with Crippen LogP contribution in [0.5, 0.6) is 11.5 Å². The summed E-state index contributed by atoms with van der Waals surface area (Å²) in [7, 11) is -1.78. The van der Waals surface area contributed by atoms with Gasteiger partial charge < -0.3 is 24.8 Å². The molecule has 1 aromatic carbocycles. The molecule has 1 aliphatic heterocycles. The van der Waals surface area contributed by atoms with E-state index in [4.69, 9.17) is 4.74 Å². The lowest BCUT2D eigenvalue weighted by Gasteiger charge is -2.31. The minimum Gasteiger partial charge on any atom is -0.508 e. The van der Waals surface area contributed by atoms with Gasteiger partial charge in [-0.05, 0) is 49.6 Å². The number of phenols is 1. The summed E-state index contributed by atoms with van der Waals surface area (Å²) in [5, 5.41) is 22.6. The second kappa shape index (κ2) is 9.57. The number of hydrogen-bond donors (Lipinski definition) is 3. The molecule has 3 N–H and O–H groups in total. The average Bonchev–Trinajstić information content (AvgIpc) is 3.15. The Bertz CT molecular complexity index is 876. The molecule has 0 spiro atoms. The van der Waals surface area contributed by atoms with E-state index in [0.717, 1.165) is 12.8 Å². The van der Waals surface area contributed by atoms with Crippen LogP contribution in [0.3, 0.4) is 0 Å². The van der Waals surface area contributed by atoms with Gasteiger partial charge in [0.2, 0.25) is 0 Å². The molecule has 0 unspecified atom stereocenters. The summed E-state index contributed by atoms with van der Waals surface area (Å²) in [6, 6.07) is 6.34. The van der Waals surface area contributed by atoms with Crippen molar-refractivity contribution in [1.29, 1.82) is 0 Å². The summed E-state index contributed by atoms with van der Waals surface area (Å²) < 4.78 is 33.8. The summed E-state index contributed by atoms with van der Waals surface area (Å²) in [5.41, 5.74) is 0. The van der Waals surface area contributed by atoms with Crippen molar-refractivity contribution in [3.05, 3.63) is 36.8 Å². The number of aromatic hydroxyl groups is 1. The van der Waals surface area contributed by atoms with Crippen LogP contribution < -0.4 is 10.1 Å². The van der Waals surface area contributed by atoms with Gasteiger partial charge in [-0.15, -0.1) is 0 Å². The minimum atomic E-state index is -3.53. The van der Waals surface area contributed by atoms with Crippen LogP contribution in [0.4, 0.5) is 0 Å². The Morgan fingerprint density at radius 2 is 1.97 bits per heavy atom. The first-order valence-electron chi connectivity index (χ1n) is 9.63. The van der Waals surface area contributed by atoms with Gasteiger partial charge in [0, 0.05) is 32.9 Å². The molecule has 9 nitrogen and oxygen atoms in total. The fourth-order valence-corrected chi connectivity index (χ4v) is 4.69. The van der Waals surface area contributed by atoms with E-state index in [2.05, 4.69) is 10.3 Å². The topological polar surface area (TPSA) is 117 Å². The van der Waals surface area contributed by atoms with E-state index < -0.39 is 16.1 Å². The molecular weight excluding hydrogens is 396 g/mol. The highest BCUT2D eigenvalue weighted by Gasteiger charge is 2.30. The number of phenolic OH excluding ortho intramolecular Hbond substituents is 1. The molecule has 3 rings (SSSR count). The summed E-state index contributed by atoms with van der Waals surface area (Å²) >= 11 is 0. The molecular formula is C19H28N4O5S. The van der Waals surface area contributed by atoms with Crippen molar-refractivity contribution in [2.75, 3.05) is 32.8 Å². The highest BCUT2D eigenvalue weighted by Crippen LogP contribution is 2.22. The van der Waals surface area contributed by atoms with Gasteiger partial charge in [-0.25, -0.2) is 13.4 Å². The number of ether oxygens (including phenoxy) is 1. The summed E-state index contributed by atoms with van der Waals surface area (Å²) in [6.07, 6.45) is 3.87. The Morgan fingerprint density at radius 3 is 2.59 bits per heavy atom. The van der Waals surface area contributed by atoms with E-state index in [-0.39, 0.29) is 17.4 Å². The molecule has 1 atom stereocenters. The van der Waals surface area contributed by atoms with Gasteiger partial charge >= 0.3 is 0 Å². The Labute approximate surface area is 171 Å². The van der Waals surface area contributed by atoms with Gasteiger partial charge in [0.05, 0.1) is 6.33 Å². The van der Waals surface area contributed by atoms with E-state index in [1.54, 1.807) is 23.7 Å². The maximum atomic E-state index is 12.6. The highest BCUT2D eigenvalue weighted by atomic mass is 32.2. The number of piperidine rings is 1. The van der Waals surface area contributed by atoms with Crippen molar-refractivity contribution in [2.45, 2.75) is 24.0 Å². The molecule has 0 radical (unpaired) electrons. The zero-order valence-electron chi connectivity index (χ0n) is 16.4. The molecule has 1 aromatic heterocycles. The largest absolute Gasteiger partial charge is 0.508 e. The third-order valence-electron chi connectivity index (χ3n) is 4.95. The monoisotopic (exact) mass is 424 g/mol. The van der Waals surface area contributed by atoms with Gasteiger partial charge in [-0.2, -0.15) is 4.31 Å². The third kappa shape index (κ3) is 5.92. The molecule has 0 amide bonds. The number of aliphatic hydroxyl groups is 1. The molecule has 10 heteroatoms. The first-order chi connectivity index (χ1) is 13.8. The maximum Gasteiger partial charge on any atom is 0.262 e. The molecule has 0 bridgehead atoms. The van der Waals surface area contributed by atoms with E-state index in [0.29, 0.717) is 37.8 Å². The van der Waals surface area contributed by atoms with Gasteiger partial charge in [0.25, 0.3) is 10.0 Å². The second-order valence-electron chi connectivity index (χ2n) is 7.34. The highest BCUT2D eigenvalue weighted by molar-refractivity contribution is 7.89. The molecule has 0 saturated carbocycles. The smallest absolute Gasteiger partial charge is 0.262 e. The number of aromatic nitrogens is 2. The molecule has 2 heterocycles. The van der Waals surface area contributed by atoms with E-state index >= 15 is 0 Å². The van der Waals surface area contributed by atoms with Gasteiger partial charge in [0.15, 0.2) is 5.03 Å². The van der Waals surface area contributed by atoms with Gasteiger partial charge in [-0.1, -0.05) is 0 Å². The first kappa shape index (κ1) is 21.6. The molecule has 160 valence electrons. The van der Waals surface area contributed by atoms with E-state index in [9.17, 15) is 18.6 Å². The quantitative estimate of drug-likeness (QED) is 0.538.